The fourth-order valence-corrected chi connectivity index (χ4v) is 5.26. The second kappa shape index (κ2) is 10.4. The Morgan fingerprint density at radius 2 is 2.04 bits per heavy atom. The summed E-state index contributed by atoms with van der Waals surface area (Å²) >= 11 is 1.87. The van der Waals surface area contributed by atoms with Crippen molar-refractivity contribution in [3.63, 3.8) is 0 Å². The molecule has 3 heterocycles. The lowest BCUT2D eigenvalue weighted by atomic mass is 10.1. The first-order valence-electron chi connectivity index (χ1n) is 10.3. The summed E-state index contributed by atoms with van der Waals surface area (Å²) in [5.74, 6) is 1.72. The van der Waals surface area contributed by atoms with E-state index < -0.39 is 0 Å². The van der Waals surface area contributed by atoms with Gasteiger partial charge in [-0.15, -0.1) is 35.3 Å². The van der Waals surface area contributed by atoms with Crippen molar-refractivity contribution in [3.05, 3.63) is 22.4 Å². The van der Waals surface area contributed by atoms with E-state index in [0.717, 1.165) is 31.0 Å². The summed E-state index contributed by atoms with van der Waals surface area (Å²) in [5.41, 5.74) is 0. The van der Waals surface area contributed by atoms with Crippen molar-refractivity contribution in [2.24, 2.45) is 10.9 Å². The number of nitrogens with zero attached hydrogens (tertiary/aromatic N) is 3. The first-order valence-corrected chi connectivity index (χ1v) is 11.2. The molecule has 3 aliphatic rings. The molecular weight excluding hydrogens is 469 g/mol. The van der Waals surface area contributed by atoms with Crippen LogP contribution in [0, 0.1) is 5.92 Å². The molecule has 2 atom stereocenters. The maximum Gasteiger partial charge on any atom is 0.191 e. The van der Waals surface area contributed by atoms with Gasteiger partial charge < -0.3 is 15.5 Å². The van der Waals surface area contributed by atoms with E-state index >= 15 is 0 Å². The second-order valence-corrected chi connectivity index (χ2v) is 8.97. The van der Waals surface area contributed by atoms with Gasteiger partial charge in [0.15, 0.2) is 5.96 Å². The molecule has 152 valence electrons. The fourth-order valence-electron chi connectivity index (χ4n) is 4.40. The fraction of sp³-hybridized carbons (Fsp3) is 0.750. The normalized spacial score (nSPS) is 25.4. The van der Waals surface area contributed by atoms with Gasteiger partial charge >= 0.3 is 0 Å². The topological polar surface area (TPSA) is 42.9 Å². The molecule has 1 aromatic heterocycles. The number of thiophene rings is 1. The van der Waals surface area contributed by atoms with Crippen LogP contribution in [0.1, 0.15) is 43.0 Å². The summed E-state index contributed by atoms with van der Waals surface area (Å²) in [7, 11) is 1.89. The maximum atomic E-state index is 4.46. The van der Waals surface area contributed by atoms with Crippen LogP contribution < -0.4 is 10.6 Å². The standard InChI is InChI=1S/C20H33N5S.HI/c1-21-20(22-13-16-8-11-25(15-16)17-6-7-17)23-14-18(19-5-4-12-26-19)24-9-2-3-10-24;/h4-5,12,16-18H,2-3,6-11,13-15H2,1H3,(H2,21,22,23);1H. The van der Waals surface area contributed by atoms with Crippen LogP contribution in [0.2, 0.25) is 0 Å². The Balaban J connectivity index is 0.00000210. The Morgan fingerprint density at radius 3 is 2.70 bits per heavy atom. The van der Waals surface area contributed by atoms with Crippen molar-refractivity contribution >= 4 is 41.3 Å². The van der Waals surface area contributed by atoms with Gasteiger partial charge in [-0.3, -0.25) is 9.89 Å². The number of aliphatic imine (C=N–C) groups is 1. The lowest BCUT2D eigenvalue weighted by Crippen LogP contribution is -2.44. The number of hydrogen-bond donors (Lipinski definition) is 2. The molecule has 2 unspecified atom stereocenters. The van der Waals surface area contributed by atoms with Gasteiger partial charge in [-0.05, 0) is 69.1 Å². The monoisotopic (exact) mass is 503 g/mol. The summed E-state index contributed by atoms with van der Waals surface area (Å²) in [6.07, 6.45) is 6.82. The van der Waals surface area contributed by atoms with Crippen LogP contribution in [0.15, 0.2) is 22.5 Å². The molecule has 0 aromatic carbocycles. The first-order chi connectivity index (χ1) is 12.8. The Bertz CT molecular complexity index is 583. The van der Waals surface area contributed by atoms with E-state index in [2.05, 4.69) is 42.9 Å². The highest BCUT2D eigenvalue weighted by Gasteiger charge is 2.34. The number of hydrogen-bond acceptors (Lipinski definition) is 4. The van der Waals surface area contributed by atoms with E-state index in [-0.39, 0.29) is 24.0 Å². The second-order valence-electron chi connectivity index (χ2n) is 7.99. The molecule has 4 rings (SSSR count). The van der Waals surface area contributed by atoms with Crippen molar-refractivity contribution in [1.29, 1.82) is 0 Å². The van der Waals surface area contributed by atoms with Gasteiger partial charge in [0.25, 0.3) is 0 Å². The van der Waals surface area contributed by atoms with Crippen LogP contribution in [-0.2, 0) is 0 Å². The summed E-state index contributed by atoms with van der Waals surface area (Å²) in [4.78, 5) is 11.2. The summed E-state index contributed by atoms with van der Waals surface area (Å²) in [6, 6.07) is 5.82. The molecule has 5 nitrogen and oxygen atoms in total. The lowest BCUT2D eigenvalue weighted by Gasteiger charge is -2.27. The number of guanidine groups is 1. The van der Waals surface area contributed by atoms with Crippen molar-refractivity contribution in [3.8, 4) is 0 Å². The van der Waals surface area contributed by atoms with Gasteiger partial charge in [0.1, 0.15) is 0 Å². The maximum absolute atomic E-state index is 4.46. The molecule has 0 radical (unpaired) electrons. The Labute approximate surface area is 185 Å². The molecule has 2 aliphatic heterocycles. The number of halogens is 1. The van der Waals surface area contributed by atoms with Crippen LogP contribution in [-0.4, -0.2) is 68.1 Å². The van der Waals surface area contributed by atoms with Gasteiger partial charge in [0.05, 0.1) is 6.04 Å². The molecule has 1 aliphatic carbocycles. The highest BCUT2D eigenvalue weighted by atomic mass is 127. The zero-order valence-corrected chi connectivity index (χ0v) is 19.5. The minimum absolute atomic E-state index is 0. The quantitative estimate of drug-likeness (QED) is 0.341. The van der Waals surface area contributed by atoms with Crippen LogP contribution in [0.5, 0.6) is 0 Å². The van der Waals surface area contributed by atoms with Crippen LogP contribution in [0.25, 0.3) is 0 Å². The number of nitrogens with one attached hydrogen (secondary N) is 2. The predicted octanol–water partition coefficient (Wildman–Crippen LogP) is 3.15. The molecule has 7 heteroatoms. The van der Waals surface area contributed by atoms with Gasteiger partial charge in [-0.25, -0.2) is 0 Å². The van der Waals surface area contributed by atoms with E-state index in [1.807, 2.05) is 18.4 Å². The lowest BCUT2D eigenvalue weighted by molar-refractivity contribution is 0.249. The zero-order chi connectivity index (χ0) is 17.8. The minimum atomic E-state index is 0. The molecule has 1 aromatic rings. The van der Waals surface area contributed by atoms with Crippen molar-refractivity contribution in [2.75, 3.05) is 46.3 Å². The minimum Gasteiger partial charge on any atom is -0.356 e. The molecule has 2 N–H and O–H groups in total. The molecular formula is C20H34IN5S. The summed E-state index contributed by atoms with van der Waals surface area (Å²) < 4.78 is 0. The van der Waals surface area contributed by atoms with Crippen LogP contribution in [0.3, 0.4) is 0 Å². The Kier molecular flexibility index (Phi) is 8.23. The molecule has 1 saturated carbocycles. The third-order valence-corrected chi connectivity index (χ3v) is 7.05. The summed E-state index contributed by atoms with van der Waals surface area (Å²) in [6.45, 7) is 6.96. The van der Waals surface area contributed by atoms with E-state index in [4.69, 9.17) is 0 Å². The third-order valence-electron chi connectivity index (χ3n) is 6.08. The third kappa shape index (κ3) is 5.81. The average Bonchev–Trinajstić information content (AvgIpc) is 3.12. The van der Waals surface area contributed by atoms with Gasteiger partial charge in [0, 0.05) is 37.6 Å². The Hall–Kier alpha value is -0.380. The highest BCUT2D eigenvalue weighted by molar-refractivity contribution is 14.0. The van der Waals surface area contributed by atoms with Crippen LogP contribution >= 0.6 is 35.3 Å². The first kappa shape index (κ1) is 21.3. The van der Waals surface area contributed by atoms with Gasteiger partial charge in [-0.2, -0.15) is 0 Å². The van der Waals surface area contributed by atoms with E-state index in [0.29, 0.717) is 6.04 Å². The van der Waals surface area contributed by atoms with Crippen LogP contribution in [0.4, 0.5) is 0 Å². The van der Waals surface area contributed by atoms with E-state index in [9.17, 15) is 0 Å². The molecule has 3 fully saturated rings. The summed E-state index contributed by atoms with van der Waals surface area (Å²) in [5, 5.41) is 9.37. The largest absolute Gasteiger partial charge is 0.356 e. The molecule has 2 saturated heterocycles. The van der Waals surface area contributed by atoms with E-state index in [1.54, 1.807) is 0 Å². The predicted molar refractivity (Wildman–Crippen MR) is 125 cm³/mol. The molecule has 0 bridgehead atoms. The molecule has 0 amide bonds. The van der Waals surface area contributed by atoms with Crippen molar-refractivity contribution in [2.45, 2.75) is 44.2 Å². The Morgan fingerprint density at radius 1 is 1.22 bits per heavy atom. The SMILES string of the molecule is CN=C(NCC1CCN(C2CC2)C1)NCC(c1cccs1)N1CCCC1.I. The smallest absolute Gasteiger partial charge is 0.191 e. The van der Waals surface area contributed by atoms with Crippen molar-refractivity contribution < 1.29 is 0 Å². The molecule has 27 heavy (non-hydrogen) atoms. The zero-order valence-electron chi connectivity index (χ0n) is 16.4. The van der Waals surface area contributed by atoms with E-state index in [1.165, 1.54) is 63.2 Å². The molecule has 0 spiro atoms. The van der Waals surface area contributed by atoms with Gasteiger partial charge in [0.2, 0.25) is 0 Å². The van der Waals surface area contributed by atoms with Gasteiger partial charge in [-0.1, -0.05) is 6.07 Å². The van der Waals surface area contributed by atoms with Crippen molar-refractivity contribution in [1.82, 2.24) is 20.4 Å². The number of likely N-dealkylation sites (tertiary alicyclic amines) is 2. The number of rotatable bonds is 7. The average molecular weight is 503 g/mol. The highest BCUT2D eigenvalue weighted by Crippen LogP contribution is 2.31.